The Hall–Kier alpha value is -2.41. The minimum atomic E-state index is 0. The van der Waals surface area contributed by atoms with Crippen molar-refractivity contribution >= 4 is 29.9 Å². The van der Waals surface area contributed by atoms with Gasteiger partial charge in [-0.05, 0) is 57.4 Å². The van der Waals surface area contributed by atoms with E-state index < -0.39 is 0 Å². The van der Waals surface area contributed by atoms with Gasteiger partial charge >= 0.3 is 0 Å². The van der Waals surface area contributed by atoms with Crippen LogP contribution in [0.2, 0.25) is 0 Å². The van der Waals surface area contributed by atoms with E-state index in [4.69, 9.17) is 20.9 Å². The van der Waals surface area contributed by atoms with Crippen LogP contribution in [0.1, 0.15) is 36.4 Å². The van der Waals surface area contributed by atoms with Crippen LogP contribution >= 0.6 is 24.0 Å². The number of terminal acetylenes is 1. The molecule has 1 heterocycles. The summed E-state index contributed by atoms with van der Waals surface area (Å²) in [6.07, 6.45) is 6.18. The Morgan fingerprint density at radius 1 is 1.32 bits per heavy atom. The number of benzene rings is 1. The molecule has 1 atom stereocenters. The Bertz CT molecular complexity index is 917. The van der Waals surface area contributed by atoms with Gasteiger partial charge in [-0.2, -0.15) is 5.10 Å². The smallest absolute Gasteiger partial charge is 0.191 e. The number of hydrogen-bond donors (Lipinski definition) is 2. The summed E-state index contributed by atoms with van der Waals surface area (Å²) in [6.45, 7) is 9.83. The van der Waals surface area contributed by atoms with Crippen LogP contribution in [0.25, 0.3) is 0 Å². The molecule has 2 aromatic rings. The lowest BCUT2D eigenvalue weighted by Gasteiger charge is -2.18. The predicted octanol–water partition coefficient (Wildman–Crippen LogP) is 3.36. The van der Waals surface area contributed by atoms with Gasteiger partial charge in [0.15, 0.2) is 17.5 Å². The topological polar surface area (TPSA) is 72.7 Å². The Morgan fingerprint density at radius 2 is 2.06 bits per heavy atom. The second kappa shape index (κ2) is 13.1. The number of methoxy groups -OCH3 is 1. The molecular weight excluding hydrogens is 505 g/mol. The lowest BCUT2D eigenvalue weighted by atomic mass is 10.1. The summed E-state index contributed by atoms with van der Waals surface area (Å²) in [6, 6.07) is 5.96. The highest BCUT2D eigenvalue weighted by molar-refractivity contribution is 14.0. The maximum absolute atomic E-state index is 5.58. The fourth-order valence-electron chi connectivity index (χ4n) is 3.25. The molecule has 170 valence electrons. The molecule has 1 aromatic carbocycles. The SMILES string of the molecule is C#CCOc1cc(CN=C(NCC)NC(C)Cc2c(C)nn(C)c2C)ccc1OC.I. The summed E-state index contributed by atoms with van der Waals surface area (Å²) in [5.74, 6) is 4.52. The molecule has 0 aliphatic carbocycles. The first-order valence-corrected chi connectivity index (χ1v) is 10.2. The van der Waals surface area contributed by atoms with Gasteiger partial charge in [0.2, 0.25) is 0 Å². The van der Waals surface area contributed by atoms with Gasteiger partial charge in [0.25, 0.3) is 0 Å². The van der Waals surface area contributed by atoms with Gasteiger partial charge in [0.1, 0.15) is 6.61 Å². The highest BCUT2D eigenvalue weighted by Gasteiger charge is 2.14. The van der Waals surface area contributed by atoms with Crippen molar-refractivity contribution in [3.05, 3.63) is 40.7 Å². The van der Waals surface area contributed by atoms with Crippen LogP contribution in [0.15, 0.2) is 23.2 Å². The molecule has 2 rings (SSSR count). The van der Waals surface area contributed by atoms with E-state index in [-0.39, 0.29) is 36.6 Å². The van der Waals surface area contributed by atoms with Crippen molar-refractivity contribution in [1.29, 1.82) is 0 Å². The molecule has 0 bridgehead atoms. The molecule has 0 saturated carbocycles. The molecule has 0 amide bonds. The molecule has 0 saturated heterocycles. The molecule has 31 heavy (non-hydrogen) atoms. The Balaban J connectivity index is 0.00000480. The third-order valence-corrected chi connectivity index (χ3v) is 4.86. The number of nitrogens with one attached hydrogen (secondary N) is 2. The van der Waals surface area contributed by atoms with Gasteiger partial charge in [-0.15, -0.1) is 30.4 Å². The lowest BCUT2D eigenvalue weighted by Crippen LogP contribution is -2.43. The summed E-state index contributed by atoms with van der Waals surface area (Å²) in [7, 11) is 3.59. The molecule has 0 spiro atoms. The maximum atomic E-state index is 5.58. The van der Waals surface area contributed by atoms with Gasteiger partial charge in [0, 0.05) is 25.3 Å². The van der Waals surface area contributed by atoms with Crippen LogP contribution in [0, 0.1) is 26.2 Å². The number of aliphatic imine (C=N–C) groups is 1. The van der Waals surface area contributed by atoms with Crippen molar-refractivity contribution in [3.8, 4) is 23.8 Å². The largest absolute Gasteiger partial charge is 0.493 e. The number of rotatable bonds is 9. The standard InChI is InChI=1S/C23H33N5O2.HI/c1-8-12-30-22-14-19(10-11-21(22)29-7)15-25-23(24-9-2)26-16(3)13-20-17(4)27-28(6)18(20)5;/h1,10-11,14,16H,9,12-13,15H2,2-7H3,(H2,24,25,26);1H. The quantitative estimate of drug-likeness (QED) is 0.221. The molecule has 2 N–H and O–H groups in total. The van der Waals surface area contributed by atoms with E-state index in [1.807, 2.05) is 29.9 Å². The Kier molecular flexibility index (Phi) is 11.3. The first-order chi connectivity index (χ1) is 14.4. The van der Waals surface area contributed by atoms with Gasteiger partial charge in [0.05, 0.1) is 19.3 Å². The zero-order chi connectivity index (χ0) is 22.1. The van der Waals surface area contributed by atoms with Crippen molar-refractivity contribution in [2.45, 2.75) is 46.7 Å². The number of hydrogen-bond acceptors (Lipinski definition) is 4. The fourth-order valence-corrected chi connectivity index (χ4v) is 3.25. The van der Waals surface area contributed by atoms with Gasteiger partial charge in [-0.3, -0.25) is 4.68 Å². The van der Waals surface area contributed by atoms with Crippen molar-refractivity contribution in [2.75, 3.05) is 20.3 Å². The van der Waals surface area contributed by atoms with Crippen molar-refractivity contribution < 1.29 is 9.47 Å². The number of guanidine groups is 1. The average Bonchev–Trinajstić information content (AvgIpc) is 2.96. The van der Waals surface area contributed by atoms with Gasteiger partial charge in [-0.25, -0.2) is 4.99 Å². The molecule has 0 fully saturated rings. The lowest BCUT2D eigenvalue weighted by molar-refractivity contribution is 0.330. The highest BCUT2D eigenvalue weighted by atomic mass is 127. The third-order valence-electron chi connectivity index (χ3n) is 4.86. The van der Waals surface area contributed by atoms with Crippen molar-refractivity contribution in [2.24, 2.45) is 12.0 Å². The first kappa shape index (κ1) is 26.6. The number of aromatic nitrogens is 2. The summed E-state index contributed by atoms with van der Waals surface area (Å²) in [4.78, 5) is 4.73. The minimum Gasteiger partial charge on any atom is -0.493 e. The van der Waals surface area contributed by atoms with Gasteiger partial charge in [-0.1, -0.05) is 12.0 Å². The number of ether oxygens (including phenoxy) is 2. The van der Waals surface area contributed by atoms with Crippen molar-refractivity contribution in [1.82, 2.24) is 20.4 Å². The maximum Gasteiger partial charge on any atom is 0.191 e. The van der Waals surface area contributed by atoms with Crippen LogP contribution in [-0.2, 0) is 20.0 Å². The molecule has 1 aromatic heterocycles. The molecule has 0 aliphatic heterocycles. The normalized spacial score (nSPS) is 11.8. The minimum absolute atomic E-state index is 0. The van der Waals surface area contributed by atoms with Gasteiger partial charge < -0.3 is 20.1 Å². The van der Waals surface area contributed by atoms with Crippen LogP contribution in [0.4, 0.5) is 0 Å². The van der Waals surface area contributed by atoms with E-state index in [2.05, 4.69) is 49.3 Å². The zero-order valence-corrected chi connectivity index (χ0v) is 21.6. The van der Waals surface area contributed by atoms with E-state index in [1.54, 1.807) is 7.11 Å². The van der Waals surface area contributed by atoms with E-state index in [9.17, 15) is 0 Å². The Morgan fingerprint density at radius 3 is 2.65 bits per heavy atom. The number of aryl methyl sites for hydroxylation is 2. The van der Waals surface area contributed by atoms with E-state index >= 15 is 0 Å². The molecule has 8 heteroatoms. The number of halogens is 1. The average molecular weight is 539 g/mol. The molecule has 0 aliphatic rings. The van der Waals surface area contributed by atoms with E-state index in [0.29, 0.717) is 18.0 Å². The summed E-state index contributed by atoms with van der Waals surface area (Å²) >= 11 is 0. The fraction of sp³-hybridized carbons (Fsp3) is 0.478. The Labute approximate surface area is 203 Å². The van der Waals surface area contributed by atoms with Crippen LogP contribution in [-0.4, -0.2) is 42.0 Å². The van der Waals surface area contributed by atoms with E-state index in [0.717, 1.165) is 30.2 Å². The number of nitrogens with zero attached hydrogens (tertiary/aromatic N) is 3. The predicted molar refractivity (Wildman–Crippen MR) is 137 cm³/mol. The molecule has 0 radical (unpaired) electrons. The van der Waals surface area contributed by atoms with Crippen LogP contribution < -0.4 is 20.1 Å². The zero-order valence-electron chi connectivity index (χ0n) is 19.3. The third kappa shape index (κ3) is 7.65. The first-order valence-electron chi connectivity index (χ1n) is 10.2. The highest BCUT2D eigenvalue weighted by Crippen LogP contribution is 2.28. The second-order valence-electron chi connectivity index (χ2n) is 7.20. The molecule has 7 nitrogen and oxygen atoms in total. The van der Waals surface area contributed by atoms with E-state index in [1.165, 1.54) is 11.3 Å². The summed E-state index contributed by atoms with van der Waals surface area (Å²) in [5.41, 5.74) is 4.55. The monoisotopic (exact) mass is 539 g/mol. The van der Waals surface area contributed by atoms with Crippen molar-refractivity contribution in [3.63, 3.8) is 0 Å². The summed E-state index contributed by atoms with van der Waals surface area (Å²) in [5, 5.41) is 11.3. The van der Waals surface area contributed by atoms with Crippen LogP contribution in [0.5, 0.6) is 11.5 Å². The molecular formula is C23H34IN5O2. The molecule has 1 unspecified atom stereocenters. The summed E-state index contributed by atoms with van der Waals surface area (Å²) < 4.78 is 12.8. The van der Waals surface area contributed by atoms with Crippen LogP contribution in [0.3, 0.4) is 0 Å². The second-order valence-corrected chi connectivity index (χ2v) is 7.20.